The van der Waals surface area contributed by atoms with Gasteiger partial charge in [-0.15, -0.1) is 11.8 Å². The van der Waals surface area contributed by atoms with Crippen LogP contribution in [0.5, 0.6) is 0 Å². The average molecular weight is 262 g/mol. The second-order valence-corrected chi connectivity index (χ2v) is 6.14. The molecule has 0 radical (unpaired) electrons. The molecule has 3 rings (SSSR count). The number of hydrogen-bond acceptors (Lipinski definition) is 3. The summed E-state index contributed by atoms with van der Waals surface area (Å²) in [5.41, 5.74) is 6.90. The highest BCUT2D eigenvalue weighted by Gasteiger charge is 2.34. The highest BCUT2D eigenvalue weighted by Crippen LogP contribution is 2.40. The summed E-state index contributed by atoms with van der Waals surface area (Å²) in [6.07, 6.45) is 1.06. The van der Waals surface area contributed by atoms with Crippen LogP contribution in [0.4, 0.5) is 0 Å². The molecule has 2 unspecified atom stereocenters. The minimum atomic E-state index is 0.0581. The molecule has 18 heavy (non-hydrogen) atoms. The fourth-order valence-corrected chi connectivity index (χ4v) is 4.03. The predicted octanol–water partition coefficient (Wildman–Crippen LogP) is 1.68. The third-order valence-electron chi connectivity index (χ3n) is 3.93. The molecule has 0 bridgehead atoms. The minimum absolute atomic E-state index is 0.0581. The van der Waals surface area contributed by atoms with E-state index < -0.39 is 0 Å². The normalized spacial score (nSPS) is 26.4. The van der Waals surface area contributed by atoms with Crippen molar-refractivity contribution in [1.82, 2.24) is 4.90 Å². The molecule has 1 aromatic carbocycles. The maximum atomic E-state index is 12.5. The molecule has 1 fully saturated rings. The molecule has 1 amide bonds. The summed E-state index contributed by atoms with van der Waals surface area (Å²) in [6, 6.07) is 8.27. The molecule has 2 aliphatic heterocycles. The summed E-state index contributed by atoms with van der Waals surface area (Å²) < 4.78 is 0. The van der Waals surface area contributed by atoms with Gasteiger partial charge in [-0.1, -0.05) is 18.2 Å². The van der Waals surface area contributed by atoms with Crippen LogP contribution in [0.1, 0.15) is 17.9 Å². The number of rotatable bonds is 2. The van der Waals surface area contributed by atoms with Crippen LogP contribution >= 0.6 is 11.8 Å². The first-order valence-corrected chi connectivity index (χ1v) is 7.48. The van der Waals surface area contributed by atoms with E-state index in [-0.39, 0.29) is 5.92 Å². The Bertz CT molecular complexity index is 463. The lowest BCUT2D eigenvalue weighted by atomic mass is 10.00. The molecule has 0 aromatic heterocycles. The van der Waals surface area contributed by atoms with Crippen molar-refractivity contribution in [2.75, 3.05) is 25.4 Å². The van der Waals surface area contributed by atoms with Gasteiger partial charge in [0.25, 0.3) is 0 Å². The van der Waals surface area contributed by atoms with Gasteiger partial charge in [0.05, 0.1) is 5.92 Å². The summed E-state index contributed by atoms with van der Waals surface area (Å²) in [7, 11) is 0. The molecular weight excluding hydrogens is 244 g/mol. The van der Waals surface area contributed by atoms with Gasteiger partial charge < -0.3 is 10.6 Å². The summed E-state index contributed by atoms with van der Waals surface area (Å²) >= 11 is 1.80. The van der Waals surface area contributed by atoms with Gasteiger partial charge in [-0.3, -0.25) is 4.79 Å². The zero-order valence-corrected chi connectivity index (χ0v) is 11.2. The van der Waals surface area contributed by atoms with Crippen LogP contribution in [0.3, 0.4) is 0 Å². The van der Waals surface area contributed by atoms with Crippen molar-refractivity contribution in [3.05, 3.63) is 29.8 Å². The number of nitrogens with two attached hydrogens (primary N) is 1. The Labute approximate surface area is 112 Å². The Kier molecular flexibility index (Phi) is 3.31. The van der Waals surface area contributed by atoms with Gasteiger partial charge in [0.15, 0.2) is 0 Å². The lowest BCUT2D eigenvalue weighted by Crippen LogP contribution is -2.34. The minimum Gasteiger partial charge on any atom is -0.342 e. The number of amides is 1. The van der Waals surface area contributed by atoms with Gasteiger partial charge in [0, 0.05) is 23.7 Å². The Morgan fingerprint density at radius 2 is 2.28 bits per heavy atom. The molecular formula is C14H18N2OS. The monoisotopic (exact) mass is 262 g/mol. The second kappa shape index (κ2) is 4.94. The van der Waals surface area contributed by atoms with Gasteiger partial charge in [-0.25, -0.2) is 0 Å². The SMILES string of the molecule is NCC1CCN(C(=O)C2CSc3ccccc32)C1. The van der Waals surface area contributed by atoms with E-state index in [1.165, 1.54) is 10.5 Å². The summed E-state index contributed by atoms with van der Waals surface area (Å²) in [5.74, 6) is 1.74. The quantitative estimate of drug-likeness (QED) is 0.882. The fourth-order valence-electron chi connectivity index (χ4n) is 2.81. The third-order valence-corrected chi connectivity index (χ3v) is 5.11. The van der Waals surface area contributed by atoms with E-state index in [4.69, 9.17) is 5.73 Å². The number of likely N-dealkylation sites (tertiary alicyclic amines) is 1. The number of benzene rings is 1. The number of carbonyl (C=O) groups is 1. The van der Waals surface area contributed by atoms with E-state index in [1.54, 1.807) is 11.8 Å². The van der Waals surface area contributed by atoms with Crippen molar-refractivity contribution in [1.29, 1.82) is 0 Å². The van der Waals surface area contributed by atoms with Crippen LogP contribution in [0.25, 0.3) is 0 Å². The fraction of sp³-hybridized carbons (Fsp3) is 0.500. The Morgan fingerprint density at radius 1 is 1.44 bits per heavy atom. The third kappa shape index (κ3) is 2.04. The molecule has 2 N–H and O–H groups in total. The van der Waals surface area contributed by atoms with Crippen LogP contribution < -0.4 is 5.73 Å². The van der Waals surface area contributed by atoms with Crippen LogP contribution in [-0.2, 0) is 4.79 Å². The molecule has 0 spiro atoms. The number of carbonyl (C=O) groups excluding carboxylic acids is 1. The maximum absolute atomic E-state index is 12.5. The first-order chi connectivity index (χ1) is 8.79. The van der Waals surface area contributed by atoms with Crippen LogP contribution in [-0.4, -0.2) is 36.2 Å². The molecule has 1 saturated heterocycles. The van der Waals surface area contributed by atoms with Gasteiger partial charge >= 0.3 is 0 Å². The molecule has 96 valence electrons. The van der Waals surface area contributed by atoms with E-state index in [9.17, 15) is 4.79 Å². The zero-order valence-electron chi connectivity index (χ0n) is 10.3. The van der Waals surface area contributed by atoms with Crippen LogP contribution in [0.15, 0.2) is 29.2 Å². The lowest BCUT2D eigenvalue weighted by Gasteiger charge is -2.20. The molecule has 3 nitrogen and oxygen atoms in total. The number of nitrogens with zero attached hydrogens (tertiary/aromatic N) is 1. The van der Waals surface area contributed by atoms with Crippen molar-refractivity contribution in [2.45, 2.75) is 17.2 Å². The van der Waals surface area contributed by atoms with Crippen molar-refractivity contribution in [3.63, 3.8) is 0 Å². The standard InChI is InChI=1S/C14H18N2OS/c15-7-10-5-6-16(8-10)14(17)12-9-18-13-4-2-1-3-11(12)13/h1-4,10,12H,5-9,15H2. The molecule has 2 atom stereocenters. The highest BCUT2D eigenvalue weighted by molar-refractivity contribution is 7.99. The Hall–Kier alpha value is -1.00. The highest BCUT2D eigenvalue weighted by atomic mass is 32.2. The Morgan fingerprint density at radius 3 is 3.06 bits per heavy atom. The van der Waals surface area contributed by atoms with E-state index in [0.29, 0.717) is 18.4 Å². The average Bonchev–Trinajstić information content (AvgIpc) is 3.04. The van der Waals surface area contributed by atoms with E-state index in [2.05, 4.69) is 12.1 Å². The predicted molar refractivity (Wildman–Crippen MR) is 73.6 cm³/mol. The summed E-state index contributed by atoms with van der Waals surface area (Å²) in [5, 5.41) is 0. The summed E-state index contributed by atoms with van der Waals surface area (Å²) in [6.45, 7) is 2.42. The van der Waals surface area contributed by atoms with E-state index in [0.717, 1.165) is 25.3 Å². The zero-order chi connectivity index (χ0) is 12.5. The van der Waals surface area contributed by atoms with Crippen molar-refractivity contribution < 1.29 is 4.79 Å². The largest absolute Gasteiger partial charge is 0.342 e. The van der Waals surface area contributed by atoms with E-state index >= 15 is 0 Å². The molecule has 2 heterocycles. The molecule has 4 heteroatoms. The van der Waals surface area contributed by atoms with Crippen LogP contribution in [0.2, 0.25) is 0 Å². The first kappa shape index (κ1) is 12.1. The number of fused-ring (bicyclic) bond motifs is 1. The van der Waals surface area contributed by atoms with Crippen LogP contribution in [0, 0.1) is 5.92 Å². The molecule has 0 saturated carbocycles. The summed E-state index contributed by atoms with van der Waals surface area (Å²) in [4.78, 5) is 15.8. The lowest BCUT2D eigenvalue weighted by molar-refractivity contribution is -0.131. The molecule has 1 aromatic rings. The molecule has 2 aliphatic rings. The van der Waals surface area contributed by atoms with Gasteiger partial charge in [0.1, 0.15) is 0 Å². The second-order valence-electron chi connectivity index (χ2n) is 5.08. The first-order valence-electron chi connectivity index (χ1n) is 6.50. The topological polar surface area (TPSA) is 46.3 Å². The van der Waals surface area contributed by atoms with Crippen molar-refractivity contribution in [3.8, 4) is 0 Å². The van der Waals surface area contributed by atoms with Gasteiger partial charge in [0.2, 0.25) is 5.91 Å². The Balaban J connectivity index is 1.75. The maximum Gasteiger partial charge on any atom is 0.231 e. The van der Waals surface area contributed by atoms with Crippen molar-refractivity contribution in [2.24, 2.45) is 11.7 Å². The van der Waals surface area contributed by atoms with Gasteiger partial charge in [-0.05, 0) is 30.5 Å². The number of thioether (sulfide) groups is 1. The van der Waals surface area contributed by atoms with Crippen molar-refractivity contribution >= 4 is 17.7 Å². The van der Waals surface area contributed by atoms with Gasteiger partial charge in [-0.2, -0.15) is 0 Å². The smallest absolute Gasteiger partial charge is 0.231 e. The number of hydrogen-bond donors (Lipinski definition) is 1. The van der Waals surface area contributed by atoms with E-state index in [1.807, 2.05) is 17.0 Å². The molecule has 0 aliphatic carbocycles.